The molecular weight excluding hydrogens is 293 g/mol. The van der Waals surface area contributed by atoms with Gasteiger partial charge in [0, 0.05) is 4.90 Å². The third-order valence-electron chi connectivity index (χ3n) is 2.73. The lowest BCUT2D eigenvalue weighted by atomic mass is 10.1. The second kappa shape index (κ2) is 6.29. The number of nitriles is 1. The van der Waals surface area contributed by atoms with Gasteiger partial charge in [0.15, 0.2) is 0 Å². The van der Waals surface area contributed by atoms with Crippen LogP contribution in [0, 0.1) is 17.1 Å². The average Bonchev–Trinajstić information content (AvgIpc) is 2.46. The molecule has 106 valence electrons. The van der Waals surface area contributed by atoms with Crippen LogP contribution in [0.25, 0.3) is 0 Å². The van der Waals surface area contributed by atoms with Crippen molar-refractivity contribution < 1.29 is 19.0 Å². The van der Waals surface area contributed by atoms with E-state index >= 15 is 0 Å². The number of carboxylic acids is 1. The number of ether oxygens (including phenoxy) is 1. The first-order valence-electron chi connectivity index (χ1n) is 5.85. The summed E-state index contributed by atoms with van der Waals surface area (Å²) in [5.41, 5.74) is -0.276. The van der Waals surface area contributed by atoms with Gasteiger partial charge in [0.05, 0.1) is 0 Å². The van der Waals surface area contributed by atoms with E-state index in [4.69, 9.17) is 9.84 Å². The Bertz CT molecular complexity index is 740. The number of aromatic carboxylic acids is 1. The van der Waals surface area contributed by atoms with Gasteiger partial charge in [-0.05, 0) is 30.5 Å². The number of halogens is 1. The minimum absolute atomic E-state index is 0.141. The fraction of sp³-hybridized carbons (Fsp3) is 0.0667. The second-order valence-electron chi connectivity index (χ2n) is 3.97. The summed E-state index contributed by atoms with van der Waals surface area (Å²) in [6.45, 7) is 0. The molecule has 6 heteroatoms. The molecule has 0 atom stereocenters. The fourth-order valence-electron chi connectivity index (χ4n) is 1.79. The van der Waals surface area contributed by atoms with Crippen LogP contribution in [-0.4, -0.2) is 17.3 Å². The standard InChI is InChI=1S/C15H10FNO3S/c1-21-13-7-3-5-11(9(13)8-17)20-12-6-2-4-10(16)14(12)15(18)19/h2-7H,1H3,(H,18,19). The number of rotatable bonds is 4. The summed E-state index contributed by atoms with van der Waals surface area (Å²) < 4.78 is 19.1. The van der Waals surface area contributed by atoms with Crippen molar-refractivity contribution in [2.24, 2.45) is 0 Å². The number of carboxylic acid groups (broad SMARTS) is 1. The van der Waals surface area contributed by atoms with E-state index in [9.17, 15) is 14.4 Å². The lowest BCUT2D eigenvalue weighted by molar-refractivity contribution is 0.0689. The number of hydrogen-bond donors (Lipinski definition) is 1. The van der Waals surface area contributed by atoms with Crippen molar-refractivity contribution in [3.8, 4) is 17.6 Å². The molecule has 0 aromatic heterocycles. The maximum atomic E-state index is 13.6. The molecule has 0 fully saturated rings. The zero-order valence-corrected chi connectivity index (χ0v) is 11.8. The Morgan fingerprint density at radius 1 is 1.29 bits per heavy atom. The molecule has 0 bridgehead atoms. The monoisotopic (exact) mass is 303 g/mol. The summed E-state index contributed by atoms with van der Waals surface area (Å²) in [6.07, 6.45) is 1.81. The van der Waals surface area contributed by atoms with Crippen LogP contribution < -0.4 is 4.74 Å². The normalized spacial score (nSPS) is 9.95. The lowest BCUT2D eigenvalue weighted by Gasteiger charge is -2.12. The van der Waals surface area contributed by atoms with Gasteiger partial charge in [-0.1, -0.05) is 12.1 Å². The Labute approximate surface area is 124 Å². The third-order valence-corrected chi connectivity index (χ3v) is 3.51. The third kappa shape index (κ3) is 2.98. The molecule has 0 unspecified atom stereocenters. The number of nitrogens with zero attached hydrogens (tertiary/aromatic N) is 1. The van der Waals surface area contributed by atoms with E-state index in [-0.39, 0.29) is 17.1 Å². The zero-order valence-electron chi connectivity index (χ0n) is 11.0. The molecule has 2 rings (SSSR count). The van der Waals surface area contributed by atoms with Crippen LogP contribution in [-0.2, 0) is 0 Å². The number of thioether (sulfide) groups is 1. The smallest absolute Gasteiger partial charge is 0.342 e. The molecule has 1 N–H and O–H groups in total. The Balaban J connectivity index is 2.52. The van der Waals surface area contributed by atoms with Crippen molar-refractivity contribution >= 4 is 17.7 Å². The van der Waals surface area contributed by atoms with Gasteiger partial charge >= 0.3 is 5.97 Å². The lowest BCUT2D eigenvalue weighted by Crippen LogP contribution is -2.04. The maximum absolute atomic E-state index is 13.6. The number of hydrogen-bond acceptors (Lipinski definition) is 4. The van der Waals surface area contributed by atoms with Crippen LogP contribution in [0.15, 0.2) is 41.3 Å². The van der Waals surface area contributed by atoms with Gasteiger partial charge in [-0.15, -0.1) is 11.8 Å². The number of benzene rings is 2. The highest BCUT2D eigenvalue weighted by Gasteiger charge is 2.19. The SMILES string of the molecule is CSc1cccc(Oc2cccc(F)c2C(=O)O)c1C#N. The van der Waals surface area contributed by atoms with E-state index in [1.54, 1.807) is 12.1 Å². The molecule has 0 saturated carbocycles. The molecule has 4 nitrogen and oxygen atoms in total. The predicted octanol–water partition coefficient (Wildman–Crippen LogP) is 3.91. The van der Waals surface area contributed by atoms with Crippen LogP contribution in [0.2, 0.25) is 0 Å². The molecule has 0 aliphatic carbocycles. The zero-order chi connectivity index (χ0) is 15.4. The summed E-state index contributed by atoms with van der Waals surface area (Å²) in [5, 5.41) is 18.3. The van der Waals surface area contributed by atoms with Crippen molar-refractivity contribution in [1.82, 2.24) is 0 Å². The van der Waals surface area contributed by atoms with E-state index in [2.05, 4.69) is 0 Å². The van der Waals surface area contributed by atoms with Crippen molar-refractivity contribution in [3.05, 3.63) is 53.3 Å². The van der Waals surface area contributed by atoms with E-state index in [0.717, 1.165) is 6.07 Å². The van der Waals surface area contributed by atoms with E-state index in [1.807, 2.05) is 12.3 Å². The molecule has 21 heavy (non-hydrogen) atoms. The molecule has 0 aliphatic heterocycles. The van der Waals surface area contributed by atoms with Gasteiger partial charge in [0.1, 0.15) is 34.5 Å². The molecule has 0 heterocycles. The highest BCUT2D eigenvalue weighted by atomic mass is 32.2. The highest BCUT2D eigenvalue weighted by Crippen LogP contribution is 2.33. The minimum atomic E-state index is -1.43. The Morgan fingerprint density at radius 2 is 1.95 bits per heavy atom. The summed E-state index contributed by atoms with van der Waals surface area (Å²) >= 11 is 1.37. The van der Waals surface area contributed by atoms with Crippen molar-refractivity contribution in [3.63, 3.8) is 0 Å². The van der Waals surface area contributed by atoms with Crippen LogP contribution >= 0.6 is 11.8 Å². The van der Waals surface area contributed by atoms with Crippen LogP contribution in [0.3, 0.4) is 0 Å². The quantitative estimate of drug-likeness (QED) is 0.867. The predicted molar refractivity (Wildman–Crippen MR) is 76.4 cm³/mol. The van der Waals surface area contributed by atoms with Crippen molar-refractivity contribution in [2.45, 2.75) is 4.90 Å². The summed E-state index contributed by atoms with van der Waals surface area (Å²) in [4.78, 5) is 11.8. The van der Waals surface area contributed by atoms with E-state index in [1.165, 1.54) is 30.0 Å². The maximum Gasteiger partial charge on any atom is 0.342 e. The molecule has 0 radical (unpaired) electrons. The average molecular weight is 303 g/mol. The van der Waals surface area contributed by atoms with Gasteiger partial charge in [-0.25, -0.2) is 9.18 Å². The van der Waals surface area contributed by atoms with Gasteiger partial charge in [-0.2, -0.15) is 5.26 Å². The van der Waals surface area contributed by atoms with Crippen LogP contribution in [0.1, 0.15) is 15.9 Å². The van der Waals surface area contributed by atoms with Crippen molar-refractivity contribution in [1.29, 1.82) is 5.26 Å². The minimum Gasteiger partial charge on any atom is -0.477 e. The summed E-state index contributed by atoms with van der Waals surface area (Å²) in [6, 6.07) is 10.7. The molecule has 2 aromatic carbocycles. The Kier molecular flexibility index (Phi) is 4.45. The van der Waals surface area contributed by atoms with Gasteiger partial charge < -0.3 is 9.84 Å². The Morgan fingerprint density at radius 3 is 2.57 bits per heavy atom. The summed E-state index contributed by atoms with van der Waals surface area (Å²) in [7, 11) is 0. The van der Waals surface area contributed by atoms with Crippen LogP contribution in [0.4, 0.5) is 4.39 Å². The topological polar surface area (TPSA) is 70.3 Å². The molecule has 0 saturated heterocycles. The van der Waals surface area contributed by atoms with Gasteiger partial charge in [0.25, 0.3) is 0 Å². The van der Waals surface area contributed by atoms with Gasteiger partial charge in [0.2, 0.25) is 0 Å². The fourth-order valence-corrected chi connectivity index (χ4v) is 2.36. The summed E-state index contributed by atoms with van der Waals surface area (Å²) in [5.74, 6) is -2.27. The first kappa shape index (κ1) is 14.9. The second-order valence-corrected chi connectivity index (χ2v) is 4.81. The van der Waals surface area contributed by atoms with Crippen LogP contribution in [0.5, 0.6) is 11.5 Å². The largest absolute Gasteiger partial charge is 0.477 e. The first-order chi connectivity index (χ1) is 10.1. The first-order valence-corrected chi connectivity index (χ1v) is 7.07. The highest BCUT2D eigenvalue weighted by molar-refractivity contribution is 7.98. The van der Waals surface area contributed by atoms with E-state index < -0.39 is 17.3 Å². The molecule has 0 aliphatic rings. The van der Waals surface area contributed by atoms with E-state index in [0.29, 0.717) is 4.90 Å². The molecule has 0 spiro atoms. The molecule has 2 aromatic rings. The van der Waals surface area contributed by atoms with Crippen molar-refractivity contribution in [2.75, 3.05) is 6.26 Å². The molecular formula is C15H10FNO3S. The van der Waals surface area contributed by atoms with Gasteiger partial charge in [-0.3, -0.25) is 0 Å². The number of carbonyl (C=O) groups is 1. The Hall–Kier alpha value is -2.52. The molecule has 0 amide bonds.